The van der Waals surface area contributed by atoms with Gasteiger partial charge in [0.25, 0.3) is 5.91 Å². The molecule has 0 radical (unpaired) electrons. The number of carbonyl (C=O) groups is 1. The second-order valence-electron chi connectivity index (χ2n) is 7.31. The molecule has 0 fully saturated rings. The molecule has 2 N–H and O–H groups in total. The van der Waals surface area contributed by atoms with Crippen LogP contribution in [-0.2, 0) is 10.2 Å². The number of carbonyl (C=O) groups excluding carboxylic acids is 1. The number of amides is 1. The second kappa shape index (κ2) is 7.88. The first-order valence-corrected chi connectivity index (χ1v) is 8.58. The number of nitriles is 1. The number of nitrogens with zero attached hydrogens (tertiary/aromatic N) is 1. The molecule has 2 rings (SSSR count). The Kier molecular flexibility index (Phi) is 5.84. The molecule has 0 spiro atoms. The molecule has 0 aliphatic carbocycles. The molecular formula is C22H25N3O. The molecule has 134 valence electrons. The van der Waals surface area contributed by atoms with Crippen LogP contribution in [0.1, 0.15) is 37.5 Å². The molecule has 1 amide bonds. The van der Waals surface area contributed by atoms with E-state index in [9.17, 15) is 10.1 Å². The summed E-state index contributed by atoms with van der Waals surface area (Å²) in [5.41, 5.74) is 4.76. The van der Waals surface area contributed by atoms with Crippen molar-refractivity contribution >= 4 is 17.3 Å². The van der Waals surface area contributed by atoms with Crippen LogP contribution in [0.25, 0.3) is 0 Å². The summed E-state index contributed by atoms with van der Waals surface area (Å²) in [5.74, 6) is -0.429. The fraction of sp³-hybridized carbons (Fsp3) is 0.273. The molecule has 0 aliphatic heterocycles. The van der Waals surface area contributed by atoms with Crippen molar-refractivity contribution in [1.29, 1.82) is 5.26 Å². The Morgan fingerprint density at radius 3 is 2.35 bits per heavy atom. The molecule has 0 unspecified atom stereocenters. The normalized spacial score (nSPS) is 11.6. The fourth-order valence-electron chi connectivity index (χ4n) is 2.64. The average molecular weight is 347 g/mol. The van der Waals surface area contributed by atoms with Crippen LogP contribution >= 0.6 is 0 Å². The summed E-state index contributed by atoms with van der Waals surface area (Å²) in [7, 11) is 0. The van der Waals surface area contributed by atoms with Crippen LogP contribution in [0, 0.1) is 25.2 Å². The second-order valence-corrected chi connectivity index (χ2v) is 7.31. The van der Waals surface area contributed by atoms with E-state index in [0.29, 0.717) is 5.69 Å². The number of para-hydroxylation sites is 1. The van der Waals surface area contributed by atoms with Gasteiger partial charge in [-0.05, 0) is 48.1 Å². The van der Waals surface area contributed by atoms with Crippen molar-refractivity contribution in [3.8, 4) is 6.07 Å². The van der Waals surface area contributed by atoms with Crippen LogP contribution < -0.4 is 10.6 Å². The SMILES string of the molecule is Cc1cccc(NC(=O)/C(C#N)=C\Nc2ccccc2C(C)(C)C)c1C. The van der Waals surface area contributed by atoms with Gasteiger partial charge < -0.3 is 10.6 Å². The first-order valence-electron chi connectivity index (χ1n) is 8.58. The van der Waals surface area contributed by atoms with E-state index in [-0.39, 0.29) is 11.0 Å². The van der Waals surface area contributed by atoms with Gasteiger partial charge in [-0.15, -0.1) is 0 Å². The van der Waals surface area contributed by atoms with Crippen LogP contribution in [0.4, 0.5) is 11.4 Å². The van der Waals surface area contributed by atoms with Crippen LogP contribution in [0.2, 0.25) is 0 Å². The summed E-state index contributed by atoms with van der Waals surface area (Å²) in [5, 5.41) is 15.3. The Hall–Kier alpha value is -3.06. The van der Waals surface area contributed by atoms with E-state index in [1.54, 1.807) is 0 Å². The highest BCUT2D eigenvalue weighted by molar-refractivity contribution is 6.07. The lowest BCUT2D eigenvalue weighted by Gasteiger charge is -2.22. The minimum atomic E-state index is -0.429. The van der Waals surface area contributed by atoms with Crippen molar-refractivity contribution in [2.24, 2.45) is 0 Å². The van der Waals surface area contributed by atoms with E-state index in [0.717, 1.165) is 22.4 Å². The lowest BCUT2D eigenvalue weighted by molar-refractivity contribution is -0.112. The van der Waals surface area contributed by atoms with E-state index in [4.69, 9.17) is 0 Å². The van der Waals surface area contributed by atoms with Gasteiger partial charge in [-0.2, -0.15) is 5.26 Å². The molecule has 2 aromatic carbocycles. The van der Waals surface area contributed by atoms with Crippen LogP contribution in [-0.4, -0.2) is 5.91 Å². The molecular weight excluding hydrogens is 322 g/mol. The van der Waals surface area contributed by atoms with Crippen molar-refractivity contribution in [1.82, 2.24) is 0 Å². The third-order valence-corrected chi connectivity index (χ3v) is 4.32. The van der Waals surface area contributed by atoms with Gasteiger partial charge in [0.15, 0.2) is 0 Å². The third kappa shape index (κ3) is 4.52. The molecule has 4 nitrogen and oxygen atoms in total. The summed E-state index contributed by atoms with van der Waals surface area (Å²) in [6.07, 6.45) is 1.46. The molecule has 0 aromatic heterocycles. The Labute approximate surface area is 155 Å². The highest BCUT2D eigenvalue weighted by Gasteiger charge is 2.17. The molecule has 0 saturated heterocycles. The zero-order chi connectivity index (χ0) is 19.3. The van der Waals surface area contributed by atoms with E-state index in [2.05, 4.69) is 31.4 Å². The molecule has 0 bridgehead atoms. The largest absolute Gasteiger partial charge is 0.360 e. The Balaban J connectivity index is 2.23. The van der Waals surface area contributed by atoms with Crippen LogP contribution in [0.5, 0.6) is 0 Å². The van der Waals surface area contributed by atoms with Crippen molar-refractivity contribution in [3.05, 3.63) is 70.9 Å². The highest BCUT2D eigenvalue weighted by atomic mass is 16.1. The monoisotopic (exact) mass is 347 g/mol. The van der Waals surface area contributed by atoms with E-state index >= 15 is 0 Å². The Morgan fingerprint density at radius 2 is 1.69 bits per heavy atom. The lowest BCUT2D eigenvalue weighted by atomic mass is 9.86. The lowest BCUT2D eigenvalue weighted by Crippen LogP contribution is -2.16. The summed E-state index contributed by atoms with van der Waals surface area (Å²) < 4.78 is 0. The molecule has 4 heteroatoms. The first kappa shape index (κ1) is 19.3. The highest BCUT2D eigenvalue weighted by Crippen LogP contribution is 2.29. The van der Waals surface area contributed by atoms with Gasteiger partial charge in [0, 0.05) is 17.6 Å². The summed E-state index contributed by atoms with van der Waals surface area (Å²) in [6.45, 7) is 10.3. The van der Waals surface area contributed by atoms with Gasteiger partial charge in [0.1, 0.15) is 11.6 Å². The smallest absolute Gasteiger partial charge is 0.267 e. The molecule has 2 aromatic rings. The third-order valence-electron chi connectivity index (χ3n) is 4.32. The molecule has 0 atom stereocenters. The minimum Gasteiger partial charge on any atom is -0.360 e. The van der Waals surface area contributed by atoms with E-state index < -0.39 is 5.91 Å². The Morgan fingerprint density at radius 1 is 1.04 bits per heavy atom. The molecule has 26 heavy (non-hydrogen) atoms. The fourth-order valence-corrected chi connectivity index (χ4v) is 2.64. The topological polar surface area (TPSA) is 64.9 Å². The quantitative estimate of drug-likeness (QED) is 0.600. The van der Waals surface area contributed by atoms with Gasteiger partial charge in [-0.25, -0.2) is 0 Å². The van der Waals surface area contributed by atoms with E-state index in [1.807, 2.05) is 62.4 Å². The van der Waals surface area contributed by atoms with Gasteiger partial charge >= 0.3 is 0 Å². The van der Waals surface area contributed by atoms with Gasteiger partial charge in [-0.1, -0.05) is 51.1 Å². The number of rotatable bonds is 4. The summed E-state index contributed by atoms with van der Waals surface area (Å²) in [6, 6.07) is 15.5. The number of hydrogen-bond acceptors (Lipinski definition) is 3. The Bertz CT molecular complexity index is 883. The molecule has 0 saturated carbocycles. The predicted molar refractivity (Wildman–Crippen MR) is 107 cm³/mol. The van der Waals surface area contributed by atoms with Crippen LogP contribution in [0.3, 0.4) is 0 Å². The number of nitrogens with one attached hydrogen (secondary N) is 2. The van der Waals surface area contributed by atoms with Gasteiger partial charge in [-0.3, -0.25) is 4.79 Å². The minimum absolute atomic E-state index is 0.0228. The molecule has 0 aliphatic rings. The van der Waals surface area contributed by atoms with Crippen LogP contribution in [0.15, 0.2) is 54.2 Å². The number of aryl methyl sites for hydroxylation is 1. The number of anilines is 2. The predicted octanol–water partition coefficient (Wildman–Crippen LogP) is 5.06. The maximum Gasteiger partial charge on any atom is 0.267 e. The average Bonchev–Trinajstić information content (AvgIpc) is 2.59. The zero-order valence-electron chi connectivity index (χ0n) is 16.0. The number of benzene rings is 2. The zero-order valence-corrected chi connectivity index (χ0v) is 16.0. The van der Waals surface area contributed by atoms with Crippen molar-refractivity contribution < 1.29 is 4.79 Å². The standard InChI is InChI=1S/C22H25N3O/c1-15-9-8-12-19(16(15)2)25-21(26)17(13-23)14-24-20-11-7-6-10-18(20)22(3,4)5/h6-12,14,24H,1-5H3,(H,25,26)/b17-14-. The van der Waals surface area contributed by atoms with Gasteiger partial charge in [0.2, 0.25) is 0 Å². The van der Waals surface area contributed by atoms with Crippen molar-refractivity contribution in [2.75, 3.05) is 10.6 Å². The summed E-state index contributed by atoms with van der Waals surface area (Å²) in [4.78, 5) is 12.5. The van der Waals surface area contributed by atoms with Gasteiger partial charge in [0.05, 0.1) is 0 Å². The number of hydrogen-bond donors (Lipinski definition) is 2. The summed E-state index contributed by atoms with van der Waals surface area (Å²) >= 11 is 0. The maximum atomic E-state index is 12.5. The van der Waals surface area contributed by atoms with E-state index in [1.165, 1.54) is 6.20 Å². The molecule has 0 heterocycles. The first-order chi connectivity index (χ1) is 12.2. The van der Waals surface area contributed by atoms with Crippen molar-refractivity contribution in [3.63, 3.8) is 0 Å². The van der Waals surface area contributed by atoms with Crippen molar-refractivity contribution in [2.45, 2.75) is 40.0 Å². The maximum absolute atomic E-state index is 12.5.